The van der Waals surface area contributed by atoms with E-state index in [1.807, 2.05) is 30.3 Å². The number of fused-ring (bicyclic) bond motifs is 1. The summed E-state index contributed by atoms with van der Waals surface area (Å²) in [4.78, 5) is 37.8. The van der Waals surface area contributed by atoms with Gasteiger partial charge >= 0.3 is 65.1 Å². The Morgan fingerprint density at radius 1 is 1.13 bits per heavy atom. The van der Waals surface area contributed by atoms with Gasteiger partial charge in [0.15, 0.2) is 6.29 Å². The molecule has 1 heterocycles. The van der Waals surface area contributed by atoms with Crippen molar-refractivity contribution in [3.8, 4) is 0 Å². The third-order valence-corrected chi connectivity index (χ3v) is 7.47. The van der Waals surface area contributed by atoms with Crippen molar-refractivity contribution in [1.29, 1.82) is 0 Å². The Bertz CT molecular complexity index is 1080. The molecule has 39 heavy (non-hydrogen) atoms. The Balaban J connectivity index is 0.00000380. The van der Waals surface area contributed by atoms with Crippen LogP contribution >= 0.6 is 7.75 Å². The molecule has 2 aliphatic rings. The van der Waals surface area contributed by atoms with Gasteiger partial charge in [0.05, 0.1) is 12.1 Å². The summed E-state index contributed by atoms with van der Waals surface area (Å²) in [6.07, 6.45) is -5.32. The summed E-state index contributed by atoms with van der Waals surface area (Å²) < 4.78 is 22.8. The number of carboxylic acids is 1. The molecule has 1 aromatic carbocycles. The fraction of sp³-hybridized carbons (Fsp3) is 0.583. The van der Waals surface area contributed by atoms with E-state index in [2.05, 4.69) is 10.4 Å². The average molecular weight is 587 g/mol. The fourth-order valence-corrected chi connectivity index (χ4v) is 5.50. The van der Waals surface area contributed by atoms with Crippen LogP contribution < -0.4 is 74.4 Å². The van der Waals surface area contributed by atoms with Crippen LogP contribution in [-0.4, -0.2) is 75.1 Å². The van der Waals surface area contributed by atoms with Crippen LogP contribution in [0, 0.1) is 5.92 Å². The third-order valence-electron chi connectivity index (χ3n) is 6.36. The number of allylic oxidation sites excluding steroid dienone is 1. The molecule has 1 saturated heterocycles. The van der Waals surface area contributed by atoms with Gasteiger partial charge in [-0.1, -0.05) is 44.2 Å². The number of nitrogens with one attached hydrogen (secondary N) is 2. The van der Waals surface area contributed by atoms with Gasteiger partial charge in [-0.15, -0.1) is 0 Å². The van der Waals surface area contributed by atoms with Crippen LogP contribution in [0.15, 0.2) is 30.3 Å². The normalized spacial score (nSPS) is 27.2. The second-order valence-electron chi connectivity index (χ2n) is 9.79. The second-order valence-corrected chi connectivity index (χ2v) is 11.3. The molecule has 0 radical (unpaired) electrons. The van der Waals surface area contributed by atoms with Crippen molar-refractivity contribution in [2.24, 2.45) is 5.92 Å². The van der Waals surface area contributed by atoms with Crippen LogP contribution in [0.1, 0.15) is 44.7 Å². The van der Waals surface area contributed by atoms with Crippen molar-refractivity contribution in [2.45, 2.75) is 82.8 Å². The molecule has 1 amide bonds. The summed E-state index contributed by atoms with van der Waals surface area (Å²) in [6, 6.07) is 4.85. The summed E-state index contributed by atoms with van der Waals surface area (Å²) in [5, 5.41) is 44.0. The molecule has 1 aromatic rings. The number of aliphatic hydroxyl groups excluding tert-OH is 3. The predicted octanol–water partition coefficient (Wildman–Crippen LogP) is -6.09. The summed E-state index contributed by atoms with van der Waals surface area (Å²) >= 11 is 0. The van der Waals surface area contributed by atoms with Crippen molar-refractivity contribution in [1.82, 2.24) is 10.4 Å². The third kappa shape index (κ3) is 9.97. The zero-order valence-corrected chi connectivity index (χ0v) is 27.7. The van der Waals surface area contributed by atoms with Gasteiger partial charge in [-0.2, -0.15) is 0 Å². The number of rotatable bonds is 11. The van der Waals surface area contributed by atoms with Crippen molar-refractivity contribution in [3.05, 3.63) is 41.5 Å². The maximum atomic E-state index is 13.1. The smallest absolute Gasteiger partial charge is 0.766 e. The Kier molecular flexibility index (Phi) is 15.0. The SMILES string of the molecule is CC(C)C[C@H](NP(=O)([O-])O[C@@H]1O[C@@H](C)[C@H](O)[C@@H](O)[C@H]1O)C(=O)N[C@@H](CC1=CCc2ccccc21)C(=O)O.[Na+].[Na+]. The van der Waals surface area contributed by atoms with Crippen LogP contribution in [0.4, 0.5) is 0 Å². The molecule has 6 N–H and O–H groups in total. The Morgan fingerprint density at radius 2 is 1.77 bits per heavy atom. The standard InChI is InChI=1S/C24H35N2O10P.2Na/c1-12(2)10-17(26-37(33,34)36-24-21(29)20(28)19(27)13(3)35-24)22(30)25-18(23(31)32)11-15-9-8-14-6-4-5-7-16(14)15;;/h4-7,9,12-13,17-21,24,27-29H,8,10-11H2,1-3H3,(H,25,30)(H,31,32)(H2,26,33,34);;/q;2*+1/p-1/t13-,17-,18-,19-,20+,21+,24-;;/m0../s1. The molecular weight excluding hydrogens is 553 g/mol. The van der Waals surface area contributed by atoms with E-state index >= 15 is 0 Å². The molecule has 0 saturated carbocycles. The van der Waals surface area contributed by atoms with Crippen LogP contribution in [0.25, 0.3) is 5.57 Å². The van der Waals surface area contributed by atoms with Gasteiger partial charge in [0.2, 0.25) is 13.7 Å². The van der Waals surface area contributed by atoms with Gasteiger partial charge < -0.3 is 35.4 Å². The molecule has 12 nitrogen and oxygen atoms in total. The predicted molar refractivity (Wildman–Crippen MR) is 130 cm³/mol. The van der Waals surface area contributed by atoms with E-state index in [1.54, 1.807) is 13.8 Å². The van der Waals surface area contributed by atoms with E-state index in [1.165, 1.54) is 6.92 Å². The molecule has 3 rings (SSSR count). The van der Waals surface area contributed by atoms with Gasteiger partial charge in [0.25, 0.3) is 0 Å². The van der Waals surface area contributed by atoms with Gasteiger partial charge in [-0.25, -0.2) is 9.88 Å². The first-order valence-corrected chi connectivity index (χ1v) is 13.6. The minimum absolute atomic E-state index is 0. The molecule has 0 aromatic heterocycles. The fourth-order valence-electron chi connectivity index (χ4n) is 4.39. The van der Waals surface area contributed by atoms with Crippen molar-refractivity contribution >= 4 is 25.2 Å². The van der Waals surface area contributed by atoms with E-state index in [0.717, 1.165) is 16.7 Å². The van der Waals surface area contributed by atoms with E-state index in [0.29, 0.717) is 6.42 Å². The van der Waals surface area contributed by atoms with Crippen molar-refractivity contribution < 1.29 is 108 Å². The quantitative estimate of drug-likeness (QED) is 0.106. The minimum atomic E-state index is -5.07. The molecule has 1 aliphatic carbocycles. The maximum absolute atomic E-state index is 13.1. The van der Waals surface area contributed by atoms with Crippen molar-refractivity contribution in [3.63, 3.8) is 0 Å². The maximum Gasteiger partial charge on any atom is 1.00 e. The Hall–Kier alpha value is -0.150. The number of carbonyl (C=O) groups excluding carboxylic acids is 1. The van der Waals surface area contributed by atoms with E-state index < -0.39 is 62.4 Å². The molecule has 1 aliphatic heterocycles. The summed E-state index contributed by atoms with van der Waals surface area (Å²) in [6.45, 7) is 4.86. The zero-order valence-electron chi connectivity index (χ0n) is 22.8. The van der Waals surface area contributed by atoms with E-state index in [9.17, 15) is 39.5 Å². The number of benzene rings is 1. The number of aliphatic hydroxyl groups is 3. The summed E-state index contributed by atoms with van der Waals surface area (Å²) in [5.74, 6) is -2.30. The van der Waals surface area contributed by atoms with Gasteiger partial charge in [0.1, 0.15) is 24.4 Å². The van der Waals surface area contributed by atoms with Crippen LogP contribution in [0.5, 0.6) is 0 Å². The Morgan fingerprint density at radius 3 is 2.38 bits per heavy atom. The topological polar surface area (TPSA) is 198 Å². The van der Waals surface area contributed by atoms with Gasteiger partial charge in [-0.05, 0) is 42.4 Å². The Labute approximate surface area is 271 Å². The average Bonchev–Trinajstić information content (AvgIpc) is 3.22. The number of hydrogen-bond acceptors (Lipinski definition) is 9. The van der Waals surface area contributed by atoms with Crippen LogP contribution in [0.2, 0.25) is 0 Å². The molecule has 0 bridgehead atoms. The first-order chi connectivity index (χ1) is 17.3. The molecule has 0 spiro atoms. The number of aliphatic carboxylic acids is 1. The molecule has 15 heteroatoms. The van der Waals surface area contributed by atoms with Gasteiger partial charge in [0, 0.05) is 6.42 Å². The van der Waals surface area contributed by atoms with Gasteiger partial charge in [-0.3, -0.25) is 13.9 Å². The zero-order chi connectivity index (χ0) is 27.5. The first-order valence-electron chi connectivity index (χ1n) is 12.1. The molecule has 206 valence electrons. The summed E-state index contributed by atoms with van der Waals surface area (Å²) in [7, 11) is -5.07. The summed E-state index contributed by atoms with van der Waals surface area (Å²) in [5.41, 5.74) is 2.73. The van der Waals surface area contributed by atoms with Crippen molar-refractivity contribution in [2.75, 3.05) is 0 Å². The number of hydrogen-bond donors (Lipinski definition) is 6. The number of carbonyl (C=O) groups is 2. The number of amides is 1. The van der Waals surface area contributed by atoms with Crippen LogP contribution in [-0.2, 0) is 29.8 Å². The van der Waals surface area contributed by atoms with E-state index in [4.69, 9.17) is 9.26 Å². The van der Waals surface area contributed by atoms with Crippen LogP contribution in [0.3, 0.4) is 0 Å². The van der Waals surface area contributed by atoms with E-state index in [-0.39, 0.29) is 77.9 Å². The largest absolute Gasteiger partial charge is 1.00 e. The molecule has 1 unspecified atom stereocenters. The monoisotopic (exact) mass is 587 g/mol. The minimum Gasteiger partial charge on any atom is -0.766 e. The number of ether oxygens (including phenoxy) is 1. The first kappa shape index (κ1) is 36.9. The molecule has 1 fully saturated rings. The molecular formula is C24H34N2Na2O10P+. The number of carboxylic acid groups (broad SMARTS) is 1. The second kappa shape index (κ2) is 15.9. The molecule has 8 atom stereocenters.